The lowest BCUT2D eigenvalue weighted by Gasteiger charge is -2.10. The predicted octanol–water partition coefficient (Wildman–Crippen LogP) is 4.34. The van der Waals surface area contributed by atoms with Crippen molar-refractivity contribution in [3.63, 3.8) is 0 Å². The molecule has 0 radical (unpaired) electrons. The summed E-state index contributed by atoms with van der Waals surface area (Å²) in [6, 6.07) is 12.9. The normalized spacial score (nSPS) is 13.3. The minimum absolute atomic E-state index is 0.0441. The molecule has 1 aliphatic rings. The molecule has 0 atom stereocenters. The zero-order valence-corrected chi connectivity index (χ0v) is 14.7. The lowest BCUT2D eigenvalue weighted by Crippen LogP contribution is -2.20. The summed E-state index contributed by atoms with van der Waals surface area (Å²) in [6.45, 7) is -0.0441. The number of rotatable bonds is 5. The van der Waals surface area contributed by atoms with Gasteiger partial charge in [-0.2, -0.15) is 0 Å². The second-order valence-corrected chi connectivity index (χ2v) is 6.43. The summed E-state index contributed by atoms with van der Waals surface area (Å²) in [6.07, 6.45) is 4.42. The van der Waals surface area contributed by atoms with Crippen LogP contribution in [0.25, 0.3) is 11.0 Å². The van der Waals surface area contributed by atoms with Crippen molar-refractivity contribution in [1.29, 1.82) is 0 Å². The highest BCUT2D eigenvalue weighted by Gasteiger charge is 2.18. The number of furan rings is 1. The van der Waals surface area contributed by atoms with Gasteiger partial charge in [0.15, 0.2) is 6.61 Å². The molecule has 0 aliphatic heterocycles. The third-order valence-corrected chi connectivity index (χ3v) is 4.67. The van der Waals surface area contributed by atoms with Crippen LogP contribution in [0.2, 0.25) is 0 Å². The Hall–Kier alpha value is -2.95. The Morgan fingerprint density at radius 3 is 2.65 bits per heavy atom. The fourth-order valence-electron chi connectivity index (χ4n) is 3.35. The number of fused-ring (bicyclic) bond motifs is 3. The van der Waals surface area contributed by atoms with Crippen molar-refractivity contribution in [3.8, 4) is 11.5 Å². The summed E-state index contributed by atoms with van der Waals surface area (Å²) in [5, 5.41) is 3.91. The standard InChI is InChI=1S/C21H21NO4/c1-24-15-8-6-14(7-9-15)22-21(23)13-25-16-10-11-20-18(12-16)17-4-2-3-5-19(17)26-20/h6-12H,2-5,13H2,1H3,(H,22,23). The number of methoxy groups -OCH3 is 1. The summed E-state index contributed by atoms with van der Waals surface area (Å²) in [4.78, 5) is 12.1. The van der Waals surface area contributed by atoms with Crippen LogP contribution < -0.4 is 14.8 Å². The van der Waals surface area contributed by atoms with E-state index < -0.39 is 0 Å². The van der Waals surface area contributed by atoms with E-state index in [-0.39, 0.29) is 12.5 Å². The summed E-state index contributed by atoms with van der Waals surface area (Å²) in [5.41, 5.74) is 2.89. The molecule has 1 N–H and O–H groups in total. The maximum Gasteiger partial charge on any atom is 0.262 e. The number of hydrogen-bond donors (Lipinski definition) is 1. The largest absolute Gasteiger partial charge is 0.497 e. The first-order chi connectivity index (χ1) is 12.7. The maximum atomic E-state index is 12.1. The molecule has 2 aromatic carbocycles. The Labute approximate surface area is 151 Å². The van der Waals surface area contributed by atoms with Crippen LogP contribution in [-0.2, 0) is 17.6 Å². The van der Waals surface area contributed by atoms with Gasteiger partial charge in [0, 0.05) is 23.1 Å². The van der Waals surface area contributed by atoms with E-state index in [1.807, 2.05) is 18.2 Å². The highest BCUT2D eigenvalue weighted by Crippen LogP contribution is 2.33. The Bertz CT molecular complexity index is 927. The Balaban J connectivity index is 1.41. The minimum Gasteiger partial charge on any atom is -0.497 e. The molecule has 0 bridgehead atoms. The first-order valence-corrected chi connectivity index (χ1v) is 8.84. The molecule has 26 heavy (non-hydrogen) atoms. The zero-order chi connectivity index (χ0) is 17.9. The van der Waals surface area contributed by atoms with Gasteiger partial charge in [-0.05, 0) is 61.7 Å². The monoisotopic (exact) mass is 351 g/mol. The van der Waals surface area contributed by atoms with E-state index in [0.29, 0.717) is 11.4 Å². The van der Waals surface area contributed by atoms with Crippen molar-refractivity contribution >= 4 is 22.6 Å². The molecule has 0 fully saturated rings. The number of anilines is 1. The molecule has 0 spiro atoms. The fraction of sp³-hybridized carbons (Fsp3) is 0.286. The molecular weight excluding hydrogens is 330 g/mol. The van der Waals surface area contributed by atoms with Crippen molar-refractivity contribution in [1.82, 2.24) is 0 Å². The quantitative estimate of drug-likeness (QED) is 0.743. The van der Waals surface area contributed by atoms with Crippen LogP contribution in [0.5, 0.6) is 11.5 Å². The van der Waals surface area contributed by atoms with E-state index in [1.54, 1.807) is 31.4 Å². The van der Waals surface area contributed by atoms with Gasteiger partial charge in [0.05, 0.1) is 7.11 Å². The van der Waals surface area contributed by atoms with Crippen molar-refractivity contribution in [3.05, 3.63) is 53.8 Å². The number of hydrogen-bond acceptors (Lipinski definition) is 4. The van der Waals surface area contributed by atoms with Gasteiger partial charge in [-0.25, -0.2) is 0 Å². The number of amides is 1. The topological polar surface area (TPSA) is 60.7 Å². The number of carbonyl (C=O) groups is 1. The number of aryl methyl sites for hydroxylation is 2. The van der Waals surface area contributed by atoms with Gasteiger partial charge in [0.2, 0.25) is 0 Å². The SMILES string of the molecule is COc1ccc(NC(=O)COc2ccc3oc4c(c3c2)CCCC4)cc1. The van der Waals surface area contributed by atoms with E-state index in [4.69, 9.17) is 13.9 Å². The van der Waals surface area contributed by atoms with Gasteiger partial charge in [-0.15, -0.1) is 0 Å². The number of nitrogens with one attached hydrogen (secondary N) is 1. The van der Waals surface area contributed by atoms with Gasteiger partial charge in [0.1, 0.15) is 22.8 Å². The Kier molecular flexibility index (Phi) is 4.52. The zero-order valence-electron chi connectivity index (χ0n) is 14.7. The van der Waals surface area contributed by atoms with Crippen LogP contribution in [0.4, 0.5) is 5.69 Å². The molecule has 3 aromatic rings. The molecule has 5 heteroatoms. The average Bonchev–Trinajstić information content (AvgIpc) is 3.05. The molecule has 1 aliphatic carbocycles. The van der Waals surface area contributed by atoms with Gasteiger partial charge >= 0.3 is 0 Å². The van der Waals surface area contributed by atoms with Gasteiger partial charge in [0.25, 0.3) is 5.91 Å². The second-order valence-electron chi connectivity index (χ2n) is 6.43. The number of carbonyl (C=O) groups excluding carboxylic acids is 1. The summed E-state index contributed by atoms with van der Waals surface area (Å²) in [5.74, 6) is 2.32. The number of ether oxygens (including phenoxy) is 2. The predicted molar refractivity (Wildman–Crippen MR) is 100.0 cm³/mol. The lowest BCUT2D eigenvalue weighted by atomic mass is 9.96. The molecule has 4 rings (SSSR count). The highest BCUT2D eigenvalue weighted by atomic mass is 16.5. The molecule has 1 heterocycles. The molecular formula is C21H21NO4. The van der Waals surface area contributed by atoms with E-state index in [1.165, 1.54) is 18.4 Å². The second kappa shape index (κ2) is 7.12. The van der Waals surface area contributed by atoms with Crippen LogP contribution in [0, 0.1) is 0 Å². The average molecular weight is 351 g/mol. The van der Waals surface area contributed by atoms with Crippen LogP contribution in [0.3, 0.4) is 0 Å². The van der Waals surface area contributed by atoms with Crippen LogP contribution in [0.15, 0.2) is 46.9 Å². The van der Waals surface area contributed by atoms with E-state index >= 15 is 0 Å². The van der Waals surface area contributed by atoms with Crippen LogP contribution >= 0.6 is 0 Å². The molecule has 1 amide bonds. The first-order valence-electron chi connectivity index (χ1n) is 8.84. The third-order valence-electron chi connectivity index (χ3n) is 4.67. The van der Waals surface area contributed by atoms with Gasteiger partial charge in [-0.3, -0.25) is 4.79 Å². The van der Waals surface area contributed by atoms with Crippen LogP contribution in [0.1, 0.15) is 24.2 Å². The maximum absolute atomic E-state index is 12.1. The molecule has 134 valence electrons. The minimum atomic E-state index is -0.204. The summed E-state index contributed by atoms with van der Waals surface area (Å²) < 4.78 is 16.7. The highest BCUT2D eigenvalue weighted by molar-refractivity contribution is 5.92. The molecule has 0 unspecified atom stereocenters. The van der Waals surface area contributed by atoms with E-state index in [0.717, 1.165) is 35.3 Å². The fourth-order valence-corrected chi connectivity index (χ4v) is 3.35. The summed E-state index contributed by atoms with van der Waals surface area (Å²) in [7, 11) is 1.61. The Morgan fingerprint density at radius 2 is 1.85 bits per heavy atom. The molecule has 0 saturated carbocycles. The van der Waals surface area contributed by atoms with Crippen molar-refractivity contribution in [2.24, 2.45) is 0 Å². The summed E-state index contributed by atoms with van der Waals surface area (Å²) >= 11 is 0. The van der Waals surface area contributed by atoms with Gasteiger partial charge in [-0.1, -0.05) is 0 Å². The van der Waals surface area contributed by atoms with Crippen molar-refractivity contribution in [2.75, 3.05) is 19.0 Å². The number of benzene rings is 2. The molecule has 5 nitrogen and oxygen atoms in total. The lowest BCUT2D eigenvalue weighted by molar-refractivity contribution is -0.118. The van der Waals surface area contributed by atoms with Crippen molar-refractivity contribution < 1.29 is 18.7 Å². The van der Waals surface area contributed by atoms with Crippen LogP contribution in [-0.4, -0.2) is 19.6 Å². The molecule has 0 saturated heterocycles. The van der Waals surface area contributed by atoms with E-state index in [9.17, 15) is 4.79 Å². The van der Waals surface area contributed by atoms with E-state index in [2.05, 4.69) is 5.32 Å². The van der Waals surface area contributed by atoms with Gasteiger partial charge < -0.3 is 19.2 Å². The molecule has 1 aromatic heterocycles. The first kappa shape index (κ1) is 16.5. The smallest absolute Gasteiger partial charge is 0.262 e. The van der Waals surface area contributed by atoms with Crippen molar-refractivity contribution in [2.45, 2.75) is 25.7 Å². The Morgan fingerprint density at radius 1 is 1.08 bits per heavy atom. The third kappa shape index (κ3) is 3.38.